The summed E-state index contributed by atoms with van der Waals surface area (Å²) in [7, 11) is 1.82. The average molecular weight is 247 g/mol. The van der Waals surface area contributed by atoms with E-state index in [0.29, 0.717) is 11.4 Å². The zero-order valence-electron chi connectivity index (χ0n) is 10.2. The van der Waals surface area contributed by atoms with Crippen LogP contribution in [0.15, 0.2) is 10.5 Å². The van der Waals surface area contributed by atoms with E-state index in [9.17, 15) is 4.79 Å². The lowest BCUT2D eigenvalue weighted by Gasteiger charge is -1.89. The van der Waals surface area contributed by atoms with Gasteiger partial charge < -0.3 is 9.52 Å². The number of hydrogen-bond donors (Lipinski definition) is 1. The lowest BCUT2D eigenvalue weighted by atomic mass is 10.2. The zero-order valence-corrected chi connectivity index (χ0v) is 10.2. The monoisotopic (exact) mass is 247 g/mol. The van der Waals surface area contributed by atoms with E-state index in [-0.39, 0.29) is 17.6 Å². The van der Waals surface area contributed by atoms with Gasteiger partial charge >= 0.3 is 5.97 Å². The Hall–Kier alpha value is -2.11. The van der Waals surface area contributed by atoms with Gasteiger partial charge in [-0.15, -0.1) is 0 Å². The molecule has 0 amide bonds. The van der Waals surface area contributed by atoms with Crippen molar-refractivity contribution in [2.24, 2.45) is 7.05 Å². The number of nitrogens with zero attached hydrogens (tertiary/aromatic N) is 3. The number of oxazole rings is 1. The Bertz CT molecular complexity index is 603. The van der Waals surface area contributed by atoms with Crippen molar-refractivity contribution in [3.63, 3.8) is 0 Å². The van der Waals surface area contributed by atoms with Crippen LogP contribution in [-0.4, -0.2) is 25.8 Å². The molecule has 2 heterocycles. The molecule has 6 nitrogen and oxygen atoms in total. The molecule has 1 fully saturated rings. The lowest BCUT2D eigenvalue weighted by molar-refractivity contribution is 0.0661. The second kappa shape index (κ2) is 3.69. The lowest BCUT2D eigenvalue weighted by Crippen LogP contribution is -1.98. The van der Waals surface area contributed by atoms with E-state index in [1.54, 1.807) is 4.68 Å². The van der Waals surface area contributed by atoms with Gasteiger partial charge in [-0.05, 0) is 25.8 Å². The third-order valence-corrected chi connectivity index (χ3v) is 3.14. The van der Waals surface area contributed by atoms with Crippen molar-refractivity contribution in [3.05, 3.63) is 23.2 Å². The molecular formula is C12H13N3O3. The molecule has 0 radical (unpaired) electrons. The number of carboxylic acid groups (broad SMARTS) is 1. The Morgan fingerprint density at radius 2 is 2.28 bits per heavy atom. The summed E-state index contributed by atoms with van der Waals surface area (Å²) < 4.78 is 7.05. The Morgan fingerprint density at radius 3 is 2.78 bits per heavy atom. The van der Waals surface area contributed by atoms with Gasteiger partial charge in [-0.1, -0.05) is 0 Å². The molecule has 0 bridgehead atoms. The van der Waals surface area contributed by atoms with E-state index in [2.05, 4.69) is 10.1 Å². The fraction of sp³-hybridized carbons (Fsp3) is 0.417. The summed E-state index contributed by atoms with van der Waals surface area (Å²) in [5.74, 6) is -0.587. The highest BCUT2D eigenvalue weighted by Gasteiger charge is 2.34. The van der Waals surface area contributed by atoms with Crippen molar-refractivity contribution in [1.82, 2.24) is 14.8 Å². The Morgan fingerprint density at radius 1 is 1.56 bits per heavy atom. The summed E-state index contributed by atoms with van der Waals surface area (Å²) in [5.41, 5.74) is 2.10. The van der Waals surface area contributed by atoms with Gasteiger partial charge in [0.1, 0.15) is 5.69 Å². The Balaban J connectivity index is 2.07. The molecule has 0 unspecified atom stereocenters. The third kappa shape index (κ3) is 1.70. The standard InChI is InChI=1S/C12H13N3O3/c1-6-5-8(14-15(6)2)11-13-9(7-3-4-7)10(18-11)12(16)17/h5,7H,3-4H2,1-2H3,(H,16,17). The molecule has 0 saturated heterocycles. The van der Waals surface area contributed by atoms with Gasteiger partial charge in [0.05, 0.1) is 5.69 Å². The summed E-state index contributed by atoms with van der Waals surface area (Å²) in [4.78, 5) is 15.4. The van der Waals surface area contributed by atoms with Crippen molar-refractivity contribution in [3.8, 4) is 11.6 Å². The number of aromatic nitrogens is 3. The Kier molecular flexibility index (Phi) is 2.26. The molecule has 6 heteroatoms. The van der Waals surface area contributed by atoms with Crippen LogP contribution in [0, 0.1) is 6.92 Å². The summed E-state index contributed by atoms with van der Waals surface area (Å²) >= 11 is 0. The van der Waals surface area contributed by atoms with Crippen LogP contribution in [0.2, 0.25) is 0 Å². The molecule has 2 aromatic rings. The van der Waals surface area contributed by atoms with Gasteiger partial charge in [-0.3, -0.25) is 4.68 Å². The van der Waals surface area contributed by atoms with Crippen LogP contribution in [0.5, 0.6) is 0 Å². The predicted molar refractivity (Wildman–Crippen MR) is 62.4 cm³/mol. The minimum Gasteiger partial charge on any atom is -0.475 e. The van der Waals surface area contributed by atoms with E-state index in [1.807, 2.05) is 20.0 Å². The van der Waals surface area contributed by atoms with Crippen molar-refractivity contribution < 1.29 is 14.3 Å². The van der Waals surface area contributed by atoms with Crippen LogP contribution in [0.25, 0.3) is 11.6 Å². The maximum atomic E-state index is 11.1. The van der Waals surface area contributed by atoms with Crippen molar-refractivity contribution >= 4 is 5.97 Å². The number of aromatic carboxylic acids is 1. The summed E-state index contributed by atoms with van der Waals surface area (Å²) in [5, 5.41) is 13.3. The molecule has 1 N–H and O–H groups in total. The molecule has 2 aromatic heterocycles. The van der Waals surface area contributed by atoms with Crippen molar-refractivity contribution in [1.29, 1.82) is 0 Å². The smallest absolute Gasteiger partial charge is 0.373 e. The summed E-state index contributed by atoms with van der Waals surface area (Å²) in [6, 6.07) is 1.83. The van der Waals surface area contributed by atoms with Crippen molar-refractivity contribution in [2.75, 3.05) is 0 Å². The first-order chi connectivity index (χ1) is 8.56. The van der Waals surface area contributed by atoms with Crippen LogP contribution >= 0.6 is 0 Å². The average Bonchev–Trinajstić information content (AvgIpc) is 2.97. The number of carbonyl (C=O) groups is 1. The van der Waals surface area contributed by atoms with Gasteiger partial charge in [0.25, 0.3) is 0 Å². The zero-order chi connectivity index (χ0) is 12.9. The van der Waals surface area contributed by atoms with Crippen LogP contribution in [0.1, 0.15) is 40.7 Å². The number of carboxylic acids is 1. The van der Waals surface area contributed by atoms with Crippen LogP contribution in [-0.2, 0) is 7.05 Å². The van der Waals surface area contributed by atoms with Gasteiger partial charge in [-0.25, -0.2) is 9.78 Å². The van der Waals surface area contributed by atoms with E-state index >= 15 is 0 Å². The summed E-state index contributed by atoms with van der Waals surface area (Å²) in [6.45, 7) is 1.92. The number of aryl methyl sites for hydroxylation is 2. The first-order valence-corrected chi connectivity index (χ1v) is 5.81. The number of rotatable bonds is 3. The SMILES string of the molecule is Cc1cc(-c2nc(C3CC3)c(C(=O)O)o2)nn1C. The molecular weight excluding hydrogens is 234 g/mol. The highest BCUT2D eigenvalue weighted by molar-refractivity contribution is 5.86. The molecule has 1 saturated carbocycles. The van der Waals surface area contributed by atoms with Gasteiger partial charge in [-0.2, -0.15) is 5.10 Å². The maximum Gasteiger partial charge on any atom is 0.373 e. The molecule has 94 valence electrons. The second-order valence-corrected chi connectivity index (χ2v) is 4.61. The highest BCUT2D eigenvalue weighted by atomic mass is 16.4. The van der Waals surface area contributed by atoms with Crippen LogP contribution in [0.3, 0.4) is 0 Å². The number of hydrogen-bond acceptors (Lipinski definition) is 4. The fourth-order valence-corrected chi connectivity index (χ4v) is 1.89. The largest absolute Gasteiger partial charge is 0.475 e. The van der Waals surface area contributed by atoms with Gasteiger partial charge in [0.2, 0.25) is 11.7 Å². The summed E-state index contributed by atoms with van der Waals surface area (Å²) in [6.07, 6.45) is 1.96. The Labute approximate surface area is 103 Å². The first-order valence-electron chi connectivity index (χ1n) is 5.81. The van der Waals surface area contributed by atoms with Gasteiger partial charge in [0, 0.05) is 18.7 Å². The van der Waals surface area contributed by atoms with Crippen LogP contribution in [0.4, 0.5) is 0 Å². The minimum atomic E-state index is -1.07. The second-order valence-electron chi connectivity index (χ2n) is 4.61. The molecule has 0 spiro atoms. The molecule has 1 aliphatic rings. The molecule has 0 aliphatic heterocycles. The topological polar surface area (TPSA) is 81.2 Å². The molecule has 0 atom stereocenters. The van der Waals surface area contributed by atoms with Crippen LogP contribution < -0.4 is 0 Å². The maximum absolute atomic E-state index is 11.1. The molecule has 0 aromatic carbocycles. The van der Waals surface area contributed by atoms with Crippen molar-refractivity contribution in [2.45, 2.75) is 25.7 Å². The van der Waals surface area contributed by atoms with Gasteiger partial charge in [0.15, 0.2) is 0 Å². The van der Waals surface area contributed by atoms with E-state index in [4.69, 9.17) is 9.52 Å². The van der Waals surface area contributed by atoms with E-state index < -0.39 is 5.97 Å². The molecule has 18 heavy (non-hydrogen) atoms. The molecule has 1 aliphatic carbocycles. The van der Waals surface area contributed by atoms with E-state index in [1.165, 1.54) is 0 Å². The minimum absolute atomic E-state index is 0.0455. The van der Waals surface area contributed by atoms with E-state index in [0.717, 1.165) is 18.5 Å². The third-order valence-electron chi connectivity index (χ3n) is 3.14. The highest BCUT2D eigenvalue weighted by Crippen LogP contribution is 2.42. The fourth-order valence-electron chi connectivity index (χ4n) is 1.89. The molecule has 3 rings (SSSR count). The first kappa shape index (κ1) is 11.0. The quantitative estimate of drug-likeness (QED) is 0.896. The normalized spacial score (nSPS) is 15.0. The predicted octanol–water partition coefficient (Wildman–Crippen LogP) is 1.96.